The summed E-state index contributed by atoms with van der Waals surface area (Å²) >= 11 is 6.02. The first-order valence-electron chi connectivity index (χ1n) is 13.0. The van der Waals surface area contributed by atoms with Crippen LogP contribution in [0.1, 0.15) is 35.2 Å². The lowest BCUT2D eigenvalue weighted by Crippen LogP contribution is -2.39. The van der Waals surface area contributed by atoms with Gasteiger partial charge in [-0.3, -0.25) is 4.90 Å². The number of aromatic nitrogens is 2. The number of likely N-dealkylation sites (tertiary alicyclic amines) is 1. The Hall–Kier alpha value is -2.99. The van der Waals surface area contributed by atoms with Crippen molar-refractivity contribution in [1.29, 1.82) is 0 Å². The summed E-state index contributed by atoms with van der Waals surface area (Å²) in [7, 11) is 0. The Morgan fingerprint density at radius 3 is 2.69 bits per heavy atom. The van der Waals surface area contributed by atoms with Gasteiger partial charge in [0, 0.05) is 42.6 Å². The predicted octanol–water partition coefficient (Wildman–Crippen LogP) is 5.98. The normalized spacial score (nSPS) is 16.7. The molecule has 6 heteroatoms. The minimum absolute atomic E-state index is 0.395. The van der Waals surface area contributed by atoms with Crippen molar-refractivity contribution in [2.45, 2.75) is 45.3 Å². The Morgan fingerprint density at radius 1 is 1.03 bits per heavy atom. The summed E-state index contributed by atoms with van der Waals surface area (Å²) in [4.78, 5) is 12.3. The minimum Gasteiger partial charge on any atom is -0.351 e. The Kier molecular flexibility index (Phi) is 6.61. The highest BCUT2D eigenvalue weighted by Gasteiger charge is 2.21. The first-order chi connectivity index (χ1) is 17.6. The van der Waals surface area contributed by atoms with E-state index in [9.17, 15) is 0 Å². The van der Waals surface area contributed by atoms with E-state index >= 15 is 0 Å². The van der Waals surface area contributed by atoms with Gasteiger partial charge < -0.3 is 10.6 Å². The highest BCUT2D eigenvalue weighted by molar-refractivity contribution is 6.30. The second-order valence-electron chi connectivity index (χ2n) is 10.1. The van der Waals surface area contributed by atoms with Crippen LogP contribution < -0.4 is 10.6 Å². The fraction of sp³-hybridized carbons (Fsp3) is 0.333. The smallest absolute Gasteiger partial charge is 0.223 e. The van der Waals surface area contributed by atoms with Crippen molar-refractivity contribution < 1.29 is 0 Å². The number of halogens is 1. The summed E-state index contributed by atoms with van der Waals surface area (Å²) in [5.41, 5.74) is 8.80. The van der Waals surface area contributed by atoms with Crippen molar-refractivity contribution in [2.24, 2.45) is 0 Å². The molecule has 0 amide bonds. The Bertz CT molecular complexity index is 1380. The highest BCUT2D eigenvalue weighted by Crippen LogP contribution is 2.31. The summed E-state index contributed by atoms with van der Waals surface area (Å²) in [5.74, 6) is 0.743. The third-order valence-corrected chi connectivity index (χ3v) is 7.83. The van der Waals surface area contributed by atoms with Crippen LogP contribution in [0.5, 0.6) is 0 Å². The van der Waals surface area contributed by atoms with Gasteiger partial charge in [0.25, 0.3) is 0 Å². The second kappa shape index (κ2) is 10.2. The van der Waals surface area contributed by atoms with Crippen LogP contribution in [0.2, 0.25) is 5.02 Å². The van der Waals surface area contributed by atoms with Crippen LogP contribution in [-0.2, 0) is 19.5 Å². The van der Waals surface area contributed by atoms with Crippen LogP contribution in [0.3, 0.4) is 0 Å². The van der Waals surface area contributed by atoms with Crippen LogP contribution in [-0.4, -0.2) is 40.5 Å². The molecule has 5 nitrogen and oxygen atoms in total. The number of anilines is 1. The molecule has 6 rings (SSSR count). The molecule has 0 atom stereocenters. The maximum Gasteiger partial charge on any atom is 0.223 e. The van der Waals surface area contributed by atoms with Crippen LogP contribution in [0.15, 0.2) is 60.7 Å². The molecule has 0 saturated carbocycles. The van der Waals surface area contributed by atoms with Gasteiger partial charge in [-0.25, -0.2) is 9.97 Å². The Balaban J connectivity index is 1.15. The third kappa shape index (κ3) is 4.96. The van der Waals surface area contributed by atoms with Gasteiger partial charge in [-0.2, -0.15) is 0 Å². The van der Waals surface area contributed by atoms with E-state index in [0.29, 0.717) is 6.04 Å². The average molecular weight is 498 g/mol. The van der Waals surface area contributed by atoms with E-state index in [0.717, 1.165) is 79.6 Å². The number of nitrogens with zero attached hydrogens (tertiary/aromatic N) is 3. The quantitative estimate of drug-likeness (QED) is 0.355. The van der Waals surface area contributed by atoms with E-state index in [1.165, 1.54) is 27.8 Å². The zero-order valence-electron chi connectivity index (χ0n) is 20.7. The van der Waals surface area contributed by atoms with Gasteiger partial charge in [-0.1, -0.05) is 48.0 Å². The molecule has 1 saturated heterocycles. The van der Waals surface area contributed by atoms with Gasteiger partial charge in [-0.15, -0.1) is 0 Å². The Labute approximate surface area is 217 Å². The number of hydrogen-bond acceptors (Lipinski definition) is 5. The van der Waals surface area contributed by atoms with E-state index in [2.05, 4.69) is 71.0 Å². The second-order valence-corrected chi connectivity index (χ2v) is 10.5. The fourth-order valence-electron chi connectivity index (χ4n) is 5.58. The van der Waals surface area contributed by atoms with Gasteiger partial charge in [-0.05, 0) is 84.8 Å². The first kappa shape index (κ1) is 23.4. The maximum absolute atomic E-state index is 6.02. The van der Waals surface area contributed by atoms with Gasteiger partial charge >= 0.3 is 0 Å². The molecule has 0 aliphatic carbocycles. The van der Waals surface area contributed by atoms with Crippen molar-refractivity contribution in [3.8, 4) is 11.1 Å². The van der Waals surface area contributed by atoms with Gasteiger partial charge in [0.1, 0.15) is 0 Å². The summed E-state index contributed by atoms with van der Waals surface area (Å²) in [6, 6.07) is 21.9. The van der Waals surface area contributed by atoms with Crippen molar-refractivity contribution in [3.05, 3.63) is 88.1 Å². The molecule has 0 radical (unpaired) electrons. The average Bonchev–Trinajstić information content (AvgIpc) is 2.91. The number of benzene rings is 3. The monoisotopic (exact) mass is 497 g/mol. The molecule has 3 aromatic carbocycles. The fourth-order valence-corrected chi connectivity index (χ4v) is 5.71. The number of hydrogen-bond donors (Lipinski definition) is 2. The van der Waals surface area contributed by atoms with Gasteiger partial charge in [0.2, 0.25) is 5.95 Å². The number of rotatable bonds is 5. The summed E-state index contributed by atoms with van der Waals surface area (Å²) in [6.45, 7) is 7.18. The molecular weight excluding hydrogens is 466 g/mol. The molecule has 0 bridgehead atoms. The van der Waals surface area contributed by atoms with Gasteiger partial charge in [0.05, 0.1) is 11.2 Å². The largest absolute Gasteiger partial charge is 0.351 e. The topological polar surface area (TPSA) is 53.1 Å². The zero-order valence-corrected chi connectivity index (χ0v) is 21.5. The third-order valence-electron chi connectivity index (χ3n) is 7.58. The first-order valence-corrected chi connectivity index (χ1v) is 13.3. The minimum atomic E-state index is 0.395. The molecule has 0 unspecified atom stereocenters. The van der Waals surface area contributed by atoms with E-state index in [1.54, 1.807) is 0 Å². The molecular formula is C30H32ClN5. The number of fused-ring (bicyclic) bond motifs is 2. The molecule has 36 heavy (non-hydrogen) atoms. The van der Waals surface area contributed by atoms with Gasteiger partial charge in [0.15, 0.2) is 0 Å². The lowest BCUT2D eigenvalue weighted by molar-refractivity contribution is 0.211. The van der Waals surface area contributed by atoms with Crippen LogP contribution >= 0.6 is 11.6 Å². The Morgan fingerprint density at radius 2 is 1.86 bits per heavy atom. The van der Waals surface area contributed by atoms with Crippen LogP contribution in [0.25, 0.3) is 22.0 Å². The molecule has 1 fully saturated rings. The lowest BCUT2D eigenvalue weighted by Gasteiger charge is -2.32. The SMILES string of the molecule is Cc1nc(NC2CCN(Cc3ccc(Cl)cc3)CC2)nc2ccc(-c3cccc4c3CCNC4)cc12. The molecule has 184 valence electrons. The molecule has 0 spiro atoms. The molecule has 4 aromatic rings. The van der Waals surface area contributed by atoms with Crippen molar-refractivity contribution >= 4 is 28.5 Å². The van der Waals surface area contributed by atoms with Crippen molar-refractivity contribution in [3.63, 3.8) is 0 Å². The number of piperidine rings is 1. The maximum atomic E-state index is 6.02. The summed E-state index contributed by atoms with van der Waals surface area (Å²) in [6.07, 6.45) is 3.24. The van der Waals surface area contributed by atoms with Crippen molar-refractivity contribution in [2.75, 3.05) is 25.0 Å². The number of nitrogens with one attached hydrogen (secondary N) is 2. The standard InChI is InChI=1S/C30H32ClN5/c1-20-28-17-22(26-4-2-3-23-18-32-14-11-27(23)26)7-10-29(28)35-30(33-20)34-25-12-15-36(16-13-25)19-21-5-8-24(31)9-6-21/h2-10,17,25,32H,11-16,18-19H2,1H3,(H,33,34,35). The molecule has 2 N–H and O–H groups in total. The number of aryl methyl sites for hydroxylation is 1. The zero-order chi connectivity index (χ0) is 24.5. The molecule has 2 aliphatic rings. The van der Waals surface area contributed by atoms with Crippen molar-refractivity contribution in [1.82, 2.24) is 20.2 Å². The predicted molar refractivity (Wildman–Crippen MR) is 148 cm³/mol. The molecule has 2 aliphatic heterocycles. The summed E-state index contributed by atoms with van der Waals surface area (Å²) in [5, 5.41) is 9.02. The van der Waals surface area contributed by atoms with E-state index in [1.807, 2.05) is 12.1 Å². The lowest BCUT2D eigenvalue weighted by atomic mass is 9.91. The highest BCUT2D eigenvalue weighted by atomic mass is 35.5. The van der Waals surface area contributed by atoms with E-state index < -0.39 is 0 Å². The van der Waals surface area contributed by atoms with Crippen LogP contribution in [0.4, 0.5) is 5.95 Å². The molecule has 1 aromatic heterocycles. The van der Waals surface area contributed by atoms with E-state index in [4.69, 9.17) is 21.6 Å². The molecule has 3 heterocycles. The summed E-state index contributed by atoms with van der Waals surface area (Å²) < 4.78 is 0. The van der Waals surface area contributed by atoms with E-state index in [-0.39, 0.29) is 0 Å². The van der Waals surface area contributed by atoms with Crippen LogP contribution in [0, 0.1) is 6.92 Å².